The summed E-state index contributed by atoms with van der Waals surface area (Å²) < 4.78 is 13.2. The van der Waals surface area contributed by atoms with E-state index < -0.39 is 5.78 Å². The average molecular weight is 329 g/mol. The number of allylic oxidation sites excluding steroid dienone is 2. The second-order valence-corrected chi connectivity index (χ2v) is 5.72. The summed E-state index contributed by atoms with van der Waals surface area (Å²) >= 11 is 1.16. The minimum atomic E-state index is -0.402. The Kier molecular flexibility index (Phi) is 3.96. The summed E-state index contributed by atoms with van der Waals surface area (Å²) in [4.78, 5) is 33.4. The van der Waals surface area contributed by atoms with Crippen LogP contribution in [0.3, 0.4) is 0 Å². The van der Waals surface area contributed by atoms with Crippen LogP contribution < -0.4 is 5.32 Å². The van der Waals surface area contributed by atoms with Crippen LogP contribution in [0.4, 0.5) is 10.1 Å². The molecule has 0 saturated heterocycles. The predicted octanol–water partition coefficient (Wildman–Crippen LogP) is 2.99. The zero-order valence-corrected chi connectivity index (χ0v) is 13.2. The van der Waals surface area contributed by atoms with Crippen molar-refractivity contribution < 1.29 is 14.0 Å². The van der Waals surface area contributed by atoms with Gasteiger partial charge in [0.1, 0.15) is 22.9 Å². The molecule has 1 N–H and O–H groups in total. The third-order valence-corrected chi connectivity index (χ3v) is 4.24. The van der Waals surface area contributed by atoms with Crippen LogP contribution in [0, 0.1) is 12.7 Å². The van der Waals surface area contributed by atoms with E-state index in [0.717, 1.165) is 11.8 Å². The molecule has 0 unspecified atom stereocenters. The van der Waals surface area contributed by atoms with Gasteiger partial charge in [-0.2, -0.15) is 0 Å². The molecule has 0 fully saturated rings. The Morgan fingerprint density at radius 2 is 1.74 bits per heavy atom. The highest BCUT2D eigenvalue weighted by Crippen LogP contribution is 2.31. The molecule has 0 atom stereocenters. The average Bonchev–Trinajstić information content (AvgIpc) is 2.55. The van der Waals surface area contributed by atoms with Crippen LogP contribution in [0.5, 0.6) is 0 Å². The van der Waals surface area contributed by atoms with Gasteiger partial charge in [-0.05, 0) is 36.9 Å². The molecule has 3 rings (SSSR count). The first-order chi connectivity index (χ1) is 11.0. The molecule has 0 saturated carbocycles. The number of carbonyl (C=O) groups is 2. The number of Topliss-reactive ketones (excluding diaryl/α,β-unsaturated/α-hetero) is 2. The highest BCUT2D eigenvalue weighted by atomic mass is 32.2. The molecule has 1 aliphatic carbocycles. The maximum absolute atomic E-state index is 13.2. The van der Waals surface area contributed by atoms with E-state index in [1.807, 2.05) is 0 Å². The first-order valence-electron chi connectivity index (χ1n) is 6.74. The molecule has 0 aliphatic heterocycles. The van der Waals surface area contributed by atoms with E-state index in [-0.39, 0.29) is 33.6 Å². The monoisotopic (exact) mass is 329 g/mol. The largest absolute Gasteiger partial charge is 0.351 e. The number of benzene rings is 1. The Bertz CT molecular complexity index is 864. The van der Waals surface area contributed by atoms with Gasteiger partial charge in [0, 0.05) is 18.1 Å². The van der Waals surface area contributed by atoms with E-state index in [1.54, 1.807) is 13.2 Å². The van der Waals surface area contributed by atoms with Crippen molar-refractivity contribution in [2.75, 3.05) is 11.6 Å². The number of anilines is 1. The molecular weight excluding hydrogens is 317 g/mol. The van der Waals surface area contributed by atoms with Crippen LogP contribution in [-0.4, -0.2) is 27.8 Å². The second-order valence-electron chi connectivity index (χ2n) is 4.90. The Balaban J connectivity index is 2.09. The lowest BCUT2D eigenvalue weighted by Gasteiger charge is -2.20. The SMILES string of the molecule is CSC1=C(Nc2ccc(F)cc2C)C(=O)c2nccnc2C1=O. The summed E-state index contributed by atoms with van der Waals surface area (Å²) in [6.45, 7) is 1.72. The highest BCUT2D eigenvalue weighted by molar-refractivity contribution is 8.03. The van der Waals surface area contributed by atoms with E-state index >= 15 is 0 Å². The molecular formula is C16H12FN3O2S. The van der Waals surface area contributed by atoms with Crippen LogP contribution in [0.1, 0.15) is 26.5 Å². The van der Waals surface area contributed by atoms with Crippen molar-refractivity contribution in [3.05, 3.63) is 64.0 Å². The minimum Gasteiger partial charge on any atom is -0.351 e. The van der Waals surface area contributed by atoms with Crippen molar-refractivity contribution in [1.29, 1.82) is 0 Å². The van der Waals surface area contributed by atoms with E-state index in [4.69, 9.17) is 0 Å². The second kappa shape index (κ2) is 5.92. The molecule has 23 heavy (non-hydrogen) atoms. The molecule has 1 aliphatic rings. The molecule has 0 spiro atoms. The number of nitrogens with zero attached hydrogens (tertiary/aromatic N) is 2. The third kappa shape index (κ3) is 2.63. The molecule has 0 bridgehead atoms. The number of halogens is 1. The van der Waals surface area contributed by atoms with Gasteiger partial charge in [-0.15, -0.1) is 11.8 Å². The van der Waals surface area contributed by atoms with Crippen molar-refractivity contribution in [3.8, 4) is 0 Å². The van der Waals surface area contributed by atoms with Gasteiger partial charge in [0.05, 0.1) is 4.91 Å². The number of ketones is 2. The summed E-state index contributed by atoms with van der Waals surface area (Å²) in [5.74, 6) is -1.11. The molecule has 116 valence electrons. The summed E-state index contributed by atoms with van der Waals surface area (Å²) in [7, 11) is 0. The number of hydrogen-bond acceptors (Lipinski definition) is 6. The summed E-state index contributed by atoms with van der Waals surface area (Å²) in [6, 6.07) is 4.17. The fourth-order valence-corrected chi connectivity index (χ4v) is 2.95. The molecule has 1 aromatic carbocycles. The molecule has 7 heteroatoms. The van der Waals surface area contributed by atoms with Crippen LogP contribution in [0.2, 0.25) is 0 Å². The van der Waals surface area contributed by atoms with Crippen molar-refractivity contribution in [2.24, 2.45) is 0 Å². The lowest BCUT2D eigenvalue weighted by molar-refractivity contribution is 0.0975. The minimum absolute atomic E-state index is 0.0255. The smallest absolute Gasteiger partial charge is 0.231 e. The Morgan fingerprint density at radius 3 is 2.35 bits per heavy atom. The third-order valence-electron chi connectivity index (χ3n) is 3.44. The fourth-order valence-electron chi connectivity index (χ4n) is 2.32. The normalized spacial score (nSPS) is 14.0. The number of aromatic nitrogens is 2. The molecule has 0 amide bonds. The Hall–Kier alpha value is -2.54. The van der Waals surface area contributed by atoms with Gasteiger partial charge in [0.25, 0.3) is 0 Å². The Labute approximate surface area is 136 Å². The van der Waals surface area contributed by atoms with Gasteiger partial charge in [-0.25, -0.2) is 14.4 Å². The van der Waals surface area contributed by atoms with Crippen molar-refractivity contribution >= 4 is 29.0 Å². The van der Waals surface area contributed by atoms with E-state index in [2.05, 4.69) is 15.3 Å². The molecule has 5 nitrogen and oxygen atoms in total. The van der Waals surface area contributed by atoms with Crippen LogP contribution in [0.25, 0.3) is 0 Å². The molecule has 2 aromatic rings. The van der Waals surface area contributed by atoms with E-state index in [0.29, 0.717) is 11.3 Å². The first-order valence-corrected chi connectivity index (χ1v) is 7.97. The van der Waals surface area contributed by atoms with Crippen molar-refractivity contribution in [3.63, 3.8) is 0 Å². The van der Waals surface area contributed by atoms with Gasteiger partial charge < -0.3 is 5.32 Å². The summed E-state index contributed by atoms with van der Waals surface area (Å²) in [5.41, 5.74) is 1.41. The number of fused-ring (bicyclic) bond motifs is 1. The first kappa shape index (κ1) is 15.4. The maximum atomic E-state index is 13.2. The van der Waals surface area contributed by atoms with E-state index in [9.17, 15) is 14.0 Å². The topological polar surface area (TPSA) is 72.0 Å². The fraction of sp³-hybridized carbons (Fsp3) is 0.125. The number of aryl methyl sites for hydroxylation is 1. The van der Waals surface area contributed by atoms with Crippen molar-refractivity contribution in [1.82, 2.24) is 9.97 Å². The van der Waals surface area contributed by atoms with Gasteiger partial charge in [-0.3, -0.25) is 9.59 Å². The van der Waals surface area contributed by atoms with Gasteiger partial charge in [0.15, 0.2) is 0 Å². The molecule has 0 radical (unpaired) electrons. The Morgan fingerprint density at radius 1 is 1.09 bits per heavy atom. The standard InChI is InChI=1S/C16H12FN3O2S/c1-8-7-9(17)3-4-10(8)20-13-14(21)11-12(19-6-5-18-11)15(22)16(13)23-2/h3-7,20H,1-2H3. The zero-order chi connectivity index (χ0) is 16.6. The van der Waals surface area contributed by atoms with Gasteiger partial charge >= 0.3 is 0 Å². The number of rotatable bonds is 3. The molecule has 1 heterocycles. The van der Waals surface area contributed by atoms with E-state index in [1.165, 1.54) is 30.6 Å². The number of thioether (sulfide) groups is 1. The van der Waals surface area contributed by atoms with Gasteiger partial charge in [0.2, 0.25) is 11.6 Å². The maximum Gasteiger partial charge on any atom is 0.231 e. The number of hydrogen-bond donors (Lipinski definition) is 1. The predicted molar refractivity (Wildman–Crippen MR) is 86.0 cm³/mol. The summed E-state index contributed by atoms with van der Waals surface area (Å²) in [6.07, 6.45) is 4.46. The number of nitrogens with one attached hydrogen (secondary N) is 1. The highest BCUT2D eigenvalue weighted by Gasteiger charge is 2.34. The van der Waals surface area contributed by atoms with Crippen LogP contribution in [0.15, 0.2) is 41.2 Å². The molecule has 1 aromatic heterocycles. The lowest BCUT2D eigenvalue weighted by atomic mass is 10.0. The van der Waals surface area contributed by atoms with Crippen molar-refractivity contribution in [2.45, 2.75) is 6.92 Å². The van der Waals surface area contributed by atoms with Gasteiger partial charge in [-0.1, -0.05) is 0 Å². The van der Waals surface area contributed by atoms with Crippen LogP contribution >= 0.6 is 11.8 Å². The van der Waals surface area contributed by atoms with Crippen LogP contribution in [-0.2, 0) is 0 Å². The zero-order valence-electron chi connectivity index (χ0n) is 12.4. The summed E-state index contributed by atoms with van der Waals surface area (Å²) in [5, 5.41) is 2.95. The number of carbonyl (C=O) groups excluding carboxylic acids is 2. The lowest BCUT2D eigenvalue weighted by Crippen LogP contribution is -2.27. The quantitative estimate of drug-likeness (QED) is 0.933.